The Kier molecular flexibility index (Phi) is 6.26. The maximum Gasteiger partial charge on any atom is 0.293 e. The van der Waals surface area contributed by atoms with Crippen LogP contribution >= 0.6 is 35.0 Å². The van der Waals surface area contributed by atoms with Crippen LogP contribution in [0.15, 0.2) is 47.4 Å². The highest BCUT2D eigenvalue weighted by atomic mass is 35.5. The molecule has 2 heterocycles. The number of aromatic nitrogens is 1. The lowest BCUT2D eigenvalue weighted by molar-refractivity contribution is -0.123. The molecule has 2 amide bonds. The molecule has 0 bridgehead atoms. The summed E-state index contributed by atoms with van der Waals surface area (Å²) >= 11 is 13.1. The second kappa shape index (κ2) is 8.81. The number of aryl methyl sites for hydroxylation is 3. The van der Waals surface area contributed by atoms with Gasteiger partial charge in [-0.3, -0.25) is 14.5 Å². The first kappa shape index (κ1) is 22.7. The zero-order valence-electron chi connectivity index (χ0n) is 18.2. The van der Waals surface area contributed by atoms with E-state index in [1.54, 1.807) is 24.3 Å². The highest BCUT2D eigenvalue weighted by Gasteiger charge is 2.35. The number of halogens is 2. The minimum absolute atomic E-state index is 0.111. The van der Waals surface area contributed by atoms with Crippen molar-refractivity contribution < 1.29 is 9.59 Å². The maximum absolute atomic E-state index is 13.0. The average molecular weight is 485 g/mol. The van der Waals surface area contributed by atoms with Crippen molar-refractivity contribution in [3.8, 4) is 5.69 Å². The molecule has 7 heteroatoms. The van der Waals surface area contributed by atoms with Crippen LogP contribution in [0.2, 0.25) is 10.0 Å². The van der Waals surface area contributed by atoms with Crippen LogP contribution in [-0.4, -0.2) is 20.6 Å². The van der Waals surface area contributed by atoms with Crippen molar-refractivity contribution in [2.75, 3.05) is 0 Å². The molecule has 2 aromatic carbocycles. The van der Waals surface area contributed by atoms with Gasteiger partial charge in [0, 0.05) is 27.1 Å². The number of hydrogen-bond acceptors (Lipinski definition) is 3. The van der Waals surface area contributed by atoms with Gasteiger partial charge in [-0.2, -0.15) is 0 Å². The molecule has 4 nitrogen and oxygen atoms in total. The predicted octanol–water partition coefficient (Wildman–Crippen LogP) is 7.25. The van der Waals surface area contributed by atoms with Gasteiger partial charge in [-0.05, 0) is 98.1 Å². The first-order valence-electron chi connectivity index (χ1n) is 10.1. The molecule has 1 aromatic heterocycles. The first-order chi connectivity index (χ1) is 15.1. The van der Waals surface area contributed by atoms with Crippen LogP contribution in [0.25, 0.3) is 11.8 Å². The van der Waals surface area contributed by atoms with E-state index < -0.39 is 0 Å². The summed E-state index contributed by atoms with van der Waals surface area (Å²) in [6.45, 7) is 8.33. The van der Waals surface area contributed by atoms with E-state index in [0.29, 0.717) is 20.5 Å². The molecule has 0 spiro atoms. The monoisotopic (exact) mass is 484 g/mol. The Balaban J connectivity index is 1.65. The van der Waals surface area contributed by atoms with E-state index in [2.05, 4.69) is 36.6 Å². The second-order valence-corrected chi connectivity index (χ2v) is 9.85. The summed E-state index contributed by atoms with van der Waals surface area (Å²) in [7, 11) is 0. The SMILES string of the molecule is Cc1cc(C)cc(-n2c(C)cc(/C=C3\SC(=O)N(Cc4ccc(Cl)cc4Cl)C3=O)c2C)c1. The molecule has 1 aliphatic heterocycles. The number of rotatable bonds is 4. The van der Waals surface area contributed by atoms with Crippen molar-refractivity contribution in [3.63, 3.8) is 0 Å². The summed E-state index contributed by atoms with van der Waals surface area (Å²) in [4.78, 5) is 27.2. The van der Waals surface area contributed by atoms with Crippen LogP contribution in [0.4, 0.5) is 4.79 Å². The summed E-state index contributed by atoms with van der Waals surface area (Å²) in [6, 6.07) is 13.5. The number of thioether (sulfide) groups is 1. The lowest BCUT2D eigenvalue weighted by Gasteiger charge is -2.13. The lowest BCUT2D eigenvalue weighted by atomic mass is 10.1. The van der Waals surface area contributed by atoms with Crippen LogP contribution < -0.4 is 0 Å². The standard InChI is InChI=1S/C25H22Cl2N2O2S/c1-14-7-15(2)9-21(8-14)29-16(3)10-19(17(29)4)11-23-24(30)28(25(31)32-23)13-18-5-6-20(26)12-22(18)27/h5-12H,13H2,1-4H3/b23-11-. The molecule has 0 unspecified atom stereocenters. The van der Waals surface area contributed by atoms with E-state index in [9.17, 15) is 9.59 Å². The Morgan fingerprint density at radius 1 is 0.938 bits per heavy atom. The molecule has 0 radical (unpaired) electrons. The third kappa shape index (κ3) is 4.38. The zero-order chi connectivity index (χ0) is 23.2. The van der Waals surface area contributed by atoms with Crippen LogP contribution in [-0.2, 0) is 11.3 Å². The van der Waals surface area contributed by atoms with E-state index in [1.807, 2.05) is 19.9 Å². The smallest absolute Gasteiger partial charge is 0.293 e. The van der Waals surface area contributed by atoms with Crippen LogP contribution in [0.5, 0.6) is 0 Å². The summed E-state index contributed by atoms with van der Waals surface area (Å²) in [5, 5.41) is 0.625. The fourth-order valence-corrected chi connectivity index (χ4v) is 5.31. The molecule has 1 saturated heterocycles. The molecule has 0 saturated carbocycles. The van der Waals surface area contributed by atoms with E-state index >= 15 is 0 Å². The van der Waals surface area contributed by atoms with Crippen molar-refractivity contribution in [1.29, 1.82) is 0 Å². The molecule has 0 atom stereocenters. The summed E-state index contributed by atoms with van der Waals surface area (Å²) in [6.07, 6.45) is 1.80. The zero-order valence-corrected chi connectivity index (χ0v) is 20.5. The summed E-state index contributed by atoms with van der Waals surface area (Å²) in [5.41, 5.74) is 7.13. The van der Waals surface area contributed by atoms with Gasteiger partial charge in [0.05, 0.1) is 11.4 Å². The van der Waals surface area contributed by atoms with Gasteiger partial charge in [0.25, 0.3) is 11.1 Å². The number of imide groups is 1. The Morgan fingerprint density at radius 2 is 1.62 bits per heavy atom. The third-order valence-corrected chi connectivity index (χ3v) is 6.93. The van der Waals surface area contributed by atoms with Gasteiger partial charge in [-0.15, -0.1) is 0 Å². The Bertz CT molecular complexity index is 1270. The van der Waals surface area contributed by atoms with Crippen molar-refractivity contribution >= 4 is 52.2 Å². The number of amides is 2. The molecular formula is C25H22Cl2N2O2S. The van der Waals surface area contributed by atoms with Crippen LogP contribution in [0.1, 0.15) is 33.6 Å². The molecule has 4 rings (SSSR count). The van der Waals surface area contributed by atoms with Gasteiger partial charge in [-0.25, -0.2) is 0 Å². The fraction of sp³-hybridized carbons (Fsp3) is 0.200. The number of benzene rings is 2. The van der Waals surface area contributed by atoms with Crippen molar-refractivity contribution in [3.05, 3.63) is 91.1 Å². The molecule has 164 valence electrons. The van der Waals surface area contributed by atoms with Gasteiger partial charge in [0.15, 0.2) is 0 Å². The molecule has 1 fully saturated rings. The van der Waals surface area contributed by atoms with Crippen molar-refractivity contribution in [1.82, 2.24) is 9.47 Å². The third-order valence-electron chi connectivity index (χ3n) is 5.44. The van der Waals surface area contributed by atoms with Gasteiger partial charge >= 0.3 is 0 Å². The number of carbonyl (C=O) groups excluding carboxylic acids is 2. The molecular weight excluding hydrogens is 463 g/mol. The van der Waals surface area contributed by atoms with Crippen molar-refractivity contribution in [2.45, 2.75) is 34.2 Å². The Morgan fingerprint density at radius 3 is 2.28 bits per heavy atom. The first-order valence-corrected chi connectivity index (χ1v) is 11.7. The van der Waals surface area contributed by atoms with E-state index in [0.717, 1.165) is 34.4 Å². The summed E-state index contributed by atoms with van der Waals surface area (Å²) in [5.74, 6) is -0.317. The quantitative estimate of drug-likeness (QED) is 0.366. The van der Waals surface area contributed by atoms with Gasteiger partial charge < -0.3 is 4.57 Å². The van der Waals surface area contributed by atoms with Crippen molar-refractivity contribution in [2.24, 2.45) is 0 Å². The normalized spacial score (nSPS) is 15.3. The highest BCUT2D eigenvalue weighted by molar-refractivity contribution is 8.18. The Hall–Kier alpha value is -2.47. The van der Waals surface area contributed by atoms with Crippen LogP contribution in [0, 0.1) is 27.7 Å². The maximum atomic E-state index is 13.0. The summed E-state index contributed by atoms with van der Waals surface area (Å²) < 4.78 is 2.17. The van der Waals surface area contributed by atoms with E-state index in [4.69, 9.17) is 23.2 Å². The predicted molar refractivity (Wildman–Crippen MR) is 133 cm³/mol. The topological polar surface area (TPSA) is 42.3 Å². The number of nitrogens with zero attached hydrogens (tertiary/aromatic N) is 2. The minimum Gasteiger partial charge on any atom is -0.318 e. The second-order valence-electron chi connectivity index (χ2n) is 8.01. The van der Waals surface area contributed by atoms with Gasteiger partial charge in [0.2, 0.25) is 0 Å². The average Bonchev–Trinajstić information content (AvgIpc) is 3.12. The largest absolute Gasteiger partial charge is 0.318 e. The fourth-order valence-electron chi connectivity index (χ4n) is 4.01. The minimum atomic E-state index is -0.317. The molecule has 1 aliphatic rings. The Labute approximate surface area is 201 Å². The van der Waals surface area contributed by atoms with E-state index in [-0.39, 0.29) is 17.7 Å². The highest BCUT2D eigenvalue weighted by Crippen LogP contribution is 2.35. The number of carbonyl (C=O) groups is 2. The molecule has 0 N–H and O–H groups in total. The molecule has 32 heavy (non-hydrogen) atoms. The van der Waals surface area contributed by atoms with Gasteiger partial charge in [-0.1, -0.05) is 35.3 Å². The van der Waals surface area contributed by atoms with Gasteiger partial charge in [0.1, 0.15) is 0 Å². The molecule has 0 aliphatic carbocycles. The number of hydrogen-bond donors (Lipinski definition) is 0. The molecule has 3 aromatic rings. The lowest BCUT2D eigenvalue weighted by Crippen LogP contribution is -2.27. The van der Waals surface area contributed by atoms with Crippen LogP contribution in [0.3, 0.4) is 0 Å². The van der Waals surface area contributed by atoms with E-state index in [1.165, 1.54) is 16.0 Å².